The zero-order valence-electron chi connectivity index (χ0n) is 17.6. The van der Waals surface area contributed by atoms with Crippen LogP contribution >= 0.6 is 33.9 Å². The van der Waals surface area contributed by atoms with Crippen LogP contribution in [-0.4, -0.2) is 56.2 Å². The number of methoxy groups -OCH3 is 2. The second kappa shape index (κ2) is 10.4. The summed E-state index contributed by atoms with van der Waals surface area (Å²) in [4.78, 5) is 22.4. The number of anilines is 1. The molecule has 3 aromatic rings. The van der Waals surface area contributed by atoms with Gasteiger partial charge in [-0.05, 0) is 59.9 Å². The first-order chi connectivity index (χ1) is 14.5. The molecule has 0 bridgehead atoms. The molecule has 0 spiro atoms. The third-order valence-electron chi connectivity index (χ3n) is 5.01. The summed E-state index contributed by atoms with van der Waals surface area (Å²) < 4.78 is 12.8. The Morgan fingerprint density at radius 1 is 1.03 bits per heavy atom. The summed E-state index contributed by atoms with van der Waals surface area (Å²) in [6, 6.07) is 11.3. The Labute approximate surface area is 194 Å². The molecule has 0 fully saturated rings. The molecule has 8 heteroatoms. The standard InChI is InChI=1S/C22H26IN3O3S/c1-5-25(6-2)13-14-26(21(27)15-9-7-8-10-16(15)23)22-24-19-17(28-3)11-12-18(29-4)20(19)30-22/h7-12H,5-6,13-14H2,1-4H3. The Kier molecular flexibility index (Phi) is 7.90. The van der Waals surface area contributed by atoms with E-state index < -0.39 is 0 Å². The van der Waals surface area contributed by atoms with Gasteiger partial charge in [-0.1, -0.05) is 37.3 Å². The van der Waals surface area contributed by atoms with Crippen LogP contribution in [0.3, 0.4) is 0 Å². The van der Waals surface area contributed by atoms with E-state index in [2.05, 4.69) is 41.3 Å². The summed E-state index contributed by atoms with van der Waals surface area (Å²) >= 11 is 3.66. The maximum atomic E-state index is 13.5. The van der Waals surface area contributed by atoms with Crippen LogP contribution in [0.1, 0.15) is 24.2 Å². The van der Waals surface area contributed by atoms with Crippen LogP contribution in [0, 0.1) is 3.57 Å². The van der Waals surface area contributed by atoms with Gasteiger partial charge in [-0.3, -0.25) is 9.69 Å². The van der Waals surface area contributed by atoms with Crippen LogP contribution in [0.15, 0.2) is 36.4 Å². The van der Waals surface area contributed by atoms with E-state index in [4.69, 9.17) is 14.5 Å². The zero-order valence-corrected chi connectivity index (χ0v) is 20.6. The highest BCUT2D eigenvalue weighted by molar-refractivity contribution is 14.1. The molecule has 1 aromatic heterocycles. The van der Waals surface area contributed by atoms with Crippen LogP contribution in [0.25, 0.3) is 10.2 Å². The van der Waals surface area contributed by atoms with Gasteiger partial charge in [0.15, 0.2) is 5.13 Å². The Morgan fingerprint density at radius 2 is 1.70 bits per heavy atom. The van der Waals surface area contributed by atoms with Crippen molar-refractivity contribution in [3.8, 4) is 11.5 Å². The predicted octanol–water partition coefficient (Wildman–Crippen LogP) is 4.91. The number of amides is 1. The number of benzene rings is 2. The van der Waals surface area contributed by atoms with Crippen molar-refractivity contribution in [2.24, 2.45) is 0 Å². The monoisotopic (exact) mass is 539 g/mol. The highest BCUT2D eigenvalue weighted by Gasteiger charge is 2.25. The first-order valence-electron chi connectivity index (χ1n) is 9.84. The third-order valence-corrected chi connectivity index (χ3v) is 7.05. The number of ether oxygens (including phenoxy) is 2. The number of hydrogen-bond donors (Lipinski definition) is 0. The number of hydrogen-bond acceptors (Lipinski definition) is 6. The van der Waals surface area contributed by atoms with Crippen LogP contribution in [0.2, 0.25) is 0 Å². The number of thiazole rings is 1. The van der Waals surface area contributed by atoms with Gasteiger partial charge in [-0.2, -0.15) is 0 Å². The molecule has 3 rings (SSSR count). The minimum absolute atomic E-state index is 0.0517. The van der Waals surface area contributed by atoms with Gasteiger partial charge in [0.25, 0.3) is 5.91 Å². The number of nitrogens with zero attached hydrogens (tertiary/aromatic N) is 3. The Morgan fingerprint density at radius 3 is 2.33 bits per heavy atom. The van der Waals surface area contributed by atoms with Gasteiger partial charge in [-0.15, -0.1) is 0 Å². The van der Waals surface area contributed by atoms with E-state index in [9.17, 15) is 4.79 Å². The van der Waals surface area contributed by atoms with Crippen molar-refractivity contribution in [2.75, 3.05) is 45.3 Å². The smallest absolute Gasteiger partial charge is 0.261 e. The fraction of sp³-hybridized carbons (Fsp3) is 0.364. The van der Waals surface area contributed by atoms with Gasteiger partial charge in [0.2, 0.25) is 0 Å². The van der Waals surface area contributed by atoms with E-state index in [0.717, 1.165) is 33.7 Å². The molecule has 0 radical (unpaired) electrons. The molecule has 30 heavy (non-hydrogen) atoms. The molecule has 0 aliphatic heterocycles. The van der Waals surface area contributed by atoms with Crippen LogP contribution in [0.4, 0.5) is 5.13 Å². The summed E-state index contributed by atoms with van der Waals surface area (Å²) in [5.74, 6) is 1.34. The summed E-state index contributed by atoms with van der Waals surface area (Å²) in [5, 5.41) is 0.643. The molecule has 0 saturated carbocycles. The van der Waals surface area contributed by atoms with E-state index in [-0.39, 0.29) is 5.91 Å². The topological polar surface area (TPSA) is 54.9 Å². The highest BCUT2D eigenvalue weighted by Crippen LogP contribution is 2.40. The van der Waals surface area contributed by atoms with Gasteiger partial charge in [0.1, 0.15) is 21.7 Å². The third kappa shape index (κ3) is 4.70. The molecule has 6 nitrogen and oxygen atoms in total. The van der Waals surface area contributed by atoms with Crippen molar-refractivity contribution in [1.29, 1.82) is 0 Å². The maximum Gasteiger partial charge on any atom is 0.261 e. The summed E-state index contributed by atoms with van der Waals surface area (Å²) in [6.07, 6.45) is 0. The van der Waals surface area contributed by atoms with Crippen LogP contribution in [-0.2, 0) is 0 Å². The SMILES string of the molecule is CCN(CC)CCN(C(=O)c1ccccc1I)c1nc2c(OC)ccc(OC)c2s1. The van der Waals surface area contributed by atoms with E-state index in [1.165, 1.54) is 11.3 Å². The molecule has 0 saturated heterocycles. The van der Waals surface area contributed by atoms with E-state index in [0.29, 0.717) is 28.5 Å². The summed E-state index contributed by atoms with van der Waals surface area (Å²) in [6.45, 7) is 7.44. The number of carbonyl (C=O) groups is 1. The lowest BCUT2D eigenvalue weighted by molar-refractivity contribution is 0.0983. The average molecular weight is 539 g/mol. The molecule has 0 aliphatic carbocycles. The minimum Gasteiger partial charge on any atom is -0.495 e. The minimum atomic E-state index is -0.0517. The van der Waals surface area contributed by atoms with Crippen LogP contribution in [0.5, 0.6) is 11.5 Å². The van der Waals surface area contributed by atoms with Gasteiger partial charge >= 0.3 is 0 Å². The maximum absolute atomic E-state index is 13.5. The van der Waals surface area contributed by atoms with Crippen molar-refractivity contribution in [2.45, 2.75) is 13.8 Å². The second-order valence-electron chi connectivity index (χ2n) is 6.61. The molecule has 2 aromatic carbocycles. The van der Waals surface area contributed by atoms with Crippen molar-refractivity contribution < 1.29 is 14.3 Å². The molecule has 1 heterocycles. The molecule has 0 N–H and O–H groups in total. The van der Waals surface area contributed by atoms with Crippen molar-refractivity contribution >= 4 is 55.2 Å². The first-order valence-corrected chi connectivity index (χ1v) is 11.7. The fourth-order valence-corrected chi connectivity index (χ4v) is 4.95. The van der Waals surface area contributed by atoms with E-state index in [1.807, 2.05) is 36.4 Å². The zero-order chi connectivity index (χ0) is 21.7. The molecular formula is C22H26IN3O3S. The Hall–Kier alpha value is -1.91. The Bertz CT molecular complexity index is 979. The first kappa shape index (κ1) is 22.8. The molecule has 160 valence electrons. The molecule has 0 unspecified atom stereocenters. The molecular weight excluding hydrogens is 513 g/mol. The van der Waals surface area contributed by atoms with Gasteiger partial charge in [-0.25, -0.2) is 4.98 Å². The van der Waals surface area contributed by atoms with Gasteiger partial charge in [0.05, 0.1) is 19.8 Å². The summed E-state index contributed by atoms with van der Waals surface area (Å²) in [5.41, 5.74) is 1.39. The average Bonchev–Trinajstić information content (AvgIpc) is 3.21. The molecule has 0 aliphatic rings. The van der Waals surface area contributed by atoms with E-state index in [1.54, 1.807) is 19.1 Å². The fourth-order valence-electron chi connectivity index (χ4n) is 3.24. The number of rotatable bonds is 9. The Balaban J connectivity index is 2.07. The molecule has 0 atom stereocenters. The number of fused-ring (bicyclic) bond motifs is 1. The predicted molar refractivity (Wildman–Crippen MR) is 131 cm³/mol. The quantitative estimate of drug-likeness (QED) is 0.362. The second-order valence-corrected chi connectivity index (χ2v) is 8.75. The van der Waals surface area contributed by atoms with Crippen LogP contribution < -0.4 is 14.4 Å². The van der Waals surface area contributed by atoms with Gasteiger partial charge in [0, 0.05) is 16.7 Å². The molecule has 1 amide bonds. The number of aromatic nitrogens is 1. The number of likely N-dealkylation sites (N-methyl/N-ethyl adjacent to an activating group) is 1. The lowest BCUT2D eigenvalue weighted by Crippen LogP contribution is -2.39. The van der Waals surface area contributed by atoms with Crippen molar-refractivity contribution in [3.63, 3.8) is 0 Å². The summed E-state index contributed by atoms with van der Waals surface area (Å²) in [7, 11) is 3.26. The van der Waals surface area contributed by atoms with E-state index >= 15 is 0 Å². The normalized spacial score (nSPS) is 11.1. The lowest BCUT2D eigenvalue weighted by atomic mass is 10.2. The lowest BCUT2D eigenvalue weighted by Gasteiger charge is -2.25. The van der Waals surface area contributed by atoms with Crippen molar-refractivity contribution in [3.05, 3.63) is 45.5 Å². The van der Waals surface area contributed by atoms with Gasteiger partial charge < -0.3 is 14.4 Å². The number of halogens is 1. The highest BCUT2D eigenvalue weighted by atomic mass is 127. The largest absolute Gasteiger partial charge is 0.495 e. The van der Waals surface area contributed by atoms with Crippen molar-refractivity contribution in [1.82, 2.24) is 9.88 Å². The number of carbonyl (C=O) groups excluding carboxylic acids is 1.